The van der Waals surface area contributed by atoms with Crippen LogP contribution in [-0.2, 0) is 22.9 Å². The third-order valence-electron chi connectivity index (χ3n) is 6.66. The lowest BCUT2D eigenvalue weighted by Gasteiger charge is -2.20. The smallest absolute Gasteiger partial charge is 0.257 e. The van der Waals surface area contributed by atoms with Crippen molar-refractivity contribution in [3.63, 3.8) is 0 Å². The zero-order valence-electron chi connectivity index (χ0n) is 21.1. The summed E-state index contributed by atoms with van der Waals surface area (Å²) in [5.74, 6) is -0.315. The van der Waals surface area contributed by atoms with E-state index in [9.17, 15) is 18.0 Å². The molecule has 3 aromatic rings. The fourth-order valence-electron chi connectivity index (χ4n) is 4.60. The van der Waals surface area contributed by atoms with Gasteiger partial charge in [-0.05, 0) is 67.1 Å². The number of hydrogen-bond acceptors (Lipinski definition) is 5. The van der Waals surface area contributed by atoms with Gasteiger partial charge >= 0.3 is 0 Å². The maximum Gasteiger partial charge on any atom is 0.257 e. The Morgan fingerprint density at radius 1 is 1.11 bits per heavy atom. The highest BCUT2D eigenvalue weighted by molar-refractivity contribution is 9.10. The largest absolute Gasteiger partial charge is 0.313 e. The van der Waals surface area contributed by atoms with Crippen LogP contribution in [0.1, 0.15) is 63.9 Å². The number of ketones is 1. The molecule has 1 aliphatic carbocycles. The van der Waals surface area contributed by atoms with Crippen molar-refractivity contribution in [1.82, 2.24) is 4.31 Å². The van der Waals surface area contributed by atoms with Crippen molar-refractivity contribution in [1.29, 1.82) is 0 Å². The Balaban J connectivity index is 1.76. The molecule has 0 saturated heterocycles. The Morgan fingerprint density at radius 2 is 1.76 bits per heavy atom. The van der Waals surface area contributed by atoms with Crippen LogP contribution in [0, 0.1) is 5.92 Å². The van der Waals surface area contributed by atoms with Crippen LogP contribution in [0.5, 0.6) is 0 Å². The molecule has 1 N–H and O–H groups in total. The maximum absolute atomic E-state index is 13.7. The number of fused-ring (bicyclic) bond motifs is 1. The number of carbonyl (C=O) groups excluding carboxylic acids is 2. The van der Waals surface area contributed by atoms with Crippen LogP contribution in [-0.4, -0.2) is 37.5 Å². The molecule has 0 aliphatic heterocycles. The molecule has 0 saturated carbocycles. The summed E-state index contributed by atoms with van der Waals surface area (Å²) in [5, 5.41) is 3.25. The molecule has 38 heavy (non-hydrogen) atoms. The van der Waals surface area contributed by atoms with Crippen molar-refractivity contribution in [3.8, 4) is 0 Å². The van der Waals surface area contributed by atoms with Gasteiger partial charge < -0.3 is 5.32 Å². The van der Waals surface area contributed by atoms with Gasteiger partial charge in [-0.3, -0.25) is 9.59 Å². The van der Waals surface area contributed by atoms with Gasteiger partial charge in [-0.15, -0.1) is 11.3 Å². The summed E-state index contributed by atoms with van der Waals surface area (Å²) >= 11 is 17.4. The van der Waals surface area contributed by atoms with Gasteiger partial charge in [0, 0.05) is 28.0 Å². The standard InChI is InChI=1S/C27H27BrCl2N2O4S2/c1-4-32(5-2)38(35,36)23-13-19(20(29)14-21(23)30)26(34)31-27-24(18-11-6-15(3)12-22(18)37-27)25(33)16-7-9-17(28)10-8-16/h7-10,13-15H,4-6,11-12H2,1-3H3,(H,31,34). The van der Waals surface area contributed by atoms with E-state index >= 15 is 0 Å². The van der Waals surface area contributed by atoms with Crippen LogP contribution in [0.4, 0.5) is 5.00 Å². The number of anilines is 1. The van der Waals surface area contributed by atoms with Gasteiger partial charge in [0.2, 0.25) is 10.0 Å². The van der Waals surface area contributed by atoms with Crippen molar-refractivity contribution in [2.45, 2.75) is 44.9 Å². The van der Waals surface area contributed by atoms with Crippen LogP contribution in [0.25, 0.3) is 0 Å². The lowest BCUT2D eigenvalue weighted by Crippen LogP contribution is -2.31. The van der Waals surface area contributed by atoms with E-state index in [0.29, 0.717) is 22.0 Å². The highest BCUT2D eigenvalue weighted by atomic mass is 79.9. The van der Waals surface area contributed by atoms with Crippen LogP contribution < -0.4 is 5.32 Å². The number of nitrogens with one attached hydrogen (secondary N) is 1. The molecule has 0 fully saturated rings. The number of rotatable bonds is 8. The van der Waals surface area contributed by atoms with Crippen molar-refractivity contribution in [2.24, 2.45) is 5.92 Å². The van der Waals surface area contributed by atoms with Gasteiger partial charge in [0.1, 0.15) is 9.90 Å². The minimum absolute atomic E-state index is 0.0155. The minimum Gasteiger partial charge on any atom is -0.313 e. The molecule has 1 aromatic heterocycles. The first kappa shape index (κ1) is 29.2. The van der Waals surface area contributed by atoms with E-state index in [4.69, 9.17) is 23.2 Å². The maximum atomic E-state index is 13.7. The van der Waals surface area contributed by atoms with Gasteiger partial charge in [-0.25, -0.2) is 8.42 Å². The summed E-state index contributed by atoms with van der Waals surface area (Å²) in [4.78, 5) is 28.1. The lowest BCUT2D eigenvalue weighted by molar-refractivity contribution is 0.102. The van der Waals surface area contributed by atoms with E-state index in [1.807, 2.05) is 0 Å². The highest BCUT2D eigenvalue weighted by Gasteiger charge is 2.31. The molecule has 1 amide bonds. The summed E-state index contributed by atoms with van der Waals surface area (Å²) in [6.07, 6.45) is 2.52. The molecule has 1 unspecified atom stereocenters. The fraction of sp³-hybridized carbons (Fsp3) is 0.333. The average molecular weight is 658 g/mol. The van der Waals surface area contributed by atoms with Gasteiger partial charge in [-0.2, -0.15) is 4.31 Å². The second-order valence-electron chi connectivity index (χ2n) is 9.20. The molecule has 11 heteroatoms. The Kier molecular flexibility index (Phi) is 9.06. The van der Waals surface area contributed by atoms with Crippen LogP contribution >= 0.6 is 50.5 Å². The van der Waals surface area contributed by atoms with E-state index in [2.05, 4.69) is 28.2 Å². The molecule has 0 radical (unpaired) electrons. The van der Waals surface area contributed by atoms with E-state index in [-0.39, 0.29) is 39.4 Å². The summed E-state index contributed by atoms with van der Waals surface area (Å²) < 4.78 is 28.5. The first-order chi connectivity index (χ1) is 18.0. The van der Waals surface area contributed by atoms with E-state index in [1.54, 1.807) is 38.1 Å². The second-order valence-corrected chi connectivity index (χ2v) is 13.9. The molecule has 1 heterocycles. The van der Waals surface area contributed by atoms with Crippen molar-refractivity contribution in [3.05, 3.63) is 78.0 Å². The second kappa shape index (κ2) is 11.8. The quantitative estimate of drug-likeness (QED) is 0.255. The Morgan fingerprint density at radius 3 is 2.39 bits per heavy atom. The topological polar surface area (TPSA) is 83.6 Å². The highest BCUT2D eigenvalue weighted by Crippen LogP contribution is 2.41. The summed E-state index contributed by atoms with van der Waals surface area (Å²) in [6, 6.07) is 9.57. The van der Waals surface area contributed by atoms with Crippen LogP contribution in [0.3, 0.4) is 0 Å². The molecule has 6 nitrogen and oxygen atoms in total. The van der Waals surface area contributed by atoms with Gasteiger partial charge in [-0.1, -0.05) is 59.9 Å². The number of thiophene rings is 1. The predicted molar refractivity (Wildman–Crippen MR) is 158 cm³/mol. The number of benzene rings is 2. The molecular weight excluding hydrogens is 631 g/mol. The summed E-state index contributed by atoms with van der Waals surface area (Å²) in [5.41, 5.74) is 1.92. The third-order valence-corrected chi connectivity index (χ3v) is 11.2. The Hall–Kier alpha value is -1.75. The molecule has 0 spiro atoms. The van der Waals surface area contributed by atoms with Gasteiger partial charge in [0.15, 0.2) is 5.78 Å². The Labute approximate surface area is 245 Å². The molecule has 0 bridgehead atoms. The van der Waals surface area contributed by atoms with Crippen molar-refractivity contribution < 1.29 is 18.0 Å². The molecule has 1 atom stereocenters. The van der Waals surface area contributed by atoms with E-state index in [1.165, 1.54) is 27.8 Å². The predicted octanol–water partition coefficient (Wildman–Crippen LogP) is 7.46. The number of carbonyl (C=O) groups is 2. The fourth-order valence-corrected chi connectivity index (χ4v) is 8.56. The SMILES string of the molecule is CCN(CC)S(=O)(=O)c1cc(C(=O)Nc2sc3c(c2C(=O)c2ccc(Br)cc2)CCC(C)C3)c(Cl)cc1Cl. The molecule has 4 rings (SSSR count). The number of hydrogen-bond donors (Lipinski definition) is 1. The average Bonchev–Trinajstić information content (AvgIpc) is 3.20. The first-order valence-electron chi connectivity index (χ1n) is 12.2. The molecule has 2 aromatic carbocycles. The zero-order valence-corrected chi connectivity index (χ0v) is 25.8. The number of halogens is 3. The van der Waals surface area contributed by atoms with Crippen LogP contribution in [0.15, 0.2) is 45.8 Å². The number of sulfonamides is 1. The summed E-state index contributed by atoms with van der Waals surface area (Å²) in [6.45, 7) is 6.12. The number of nitrogens with zero attached hydrogens (tertiary/aromatic N) is 1. The molecule has 1 aliphatic rings. The zero-order chi connectivity index (χ0) is 27.8. The molecule has 202 valence electrons. The van der Waals surface area contributed by atoms with Gasteiger partial charge in [0.25, 0.3) is 5.91 Å². The van der Waals surface area contributed by atoms with E-state index in [0.717, 1.165) is 34.2 Å². The third kappa shape index (κ3) is 5.74. The van der Waals surface area contributed by atoms with Crippen LogP contribution in [0.2, 0.25) is 10.0 Å². The first-order valence-corrected chi connectivity index (χ1v) is 16.0. The monoisotopic (exact) mass is 656 g/mol. The summed E-state index contributed by atoms with van der Waals surface area (Å²) in [7, 11) is -3.94. The number of amides is 1. The normalized spacial score (nSPS) is 15.4. The Bertz CT molecular complexity index is 1500. The van der Waals surface area contributed by atoms with Crippen molar-refractivity contribution in [2.75, 3.05) is 18.4 Å². The van der Waals surface area contributed by atoms with Crippen molar-refractivity contribution >= 4 is 77.2 Å². The van der Waals surface area contributed by atoms with Gasteiger partial charge in [0.05, 0.1) is 21.2 Å². The molecular formula is C27H27BrCl2N2O4S2. The lowest BCUT2D eigenvalue weighted by atomic mass is 9.86. The minimum atomic E-state index is -3.94. The van der Waals surface area contributed by atoms with E-state index < -0.39 is 15.9 Å².